The van der Waals surface area contributed by atoms with E-state index in [1.54, 1.807) is 17.8 Å². The molecule has 2 heterocycles. The normalized spacial score (nSPS) is 24.0. The SMILES string of the molecule is CC1CCC(=CC(=O)N2CC(n3cc([C@@H](C)O)nn3)C2)CC1. The largest absolute Gasteiger partial charge is 0.387 e. The van der Waals surface area contributed by atoms with Gasteiger partial charge in [-0.2, -0.15) is 0 Å². The summed E-state index contributed by atoms with van der Waals surface area (Å²) in [5.41, 5.74) is 1.87. The van der Waals surface area contributed by atoms with E-state index >= 15 is 0 Å². The summed E-state index contributed by atoms with van der Waals surface area (Å²) in [6.45, 7) is 5.28. The van der Waals surface area contributed by atoms with Crippen LogP contribution in [-0.2, 0) is 4.79 Å². The minimum absolute atomic E-state index is 0.122. The fourth-order valence-corrected chi connectivity index (χ4v) is 3.01. The lowest BCUT2D eigenvalue weighted by atomic mass is 9.87. The fourth-order valence-electron chi connectivity index (χ4n) is 3.01. The molecule has 1 saturated carbocycles. The van der Waals surface area contributed by atoms with Gasteiger partial charge in [-0.15, -0.1) is 5.10 Å². The molecule has 2 aliphatic rings. The maximum atomic E-state index is 12.2. The Hall–Kier alpha value is -1.69. The summed E-state index contributed by atoms with van der Waals surface area (Å²) in [5.74, 6) is 0.910. The smallest absolute Gasteiger partial charge is 0.246 e. The molecule has 0 spiro atoms. The Kier molecular flexibility index (Phi) is 4.29. The minimum Gasteiger partial charge on any atom is -0.387 e. The Morgan fingerprint density at radius 3 is 2.68 bits per heavy atom. The van der Waals surface area contributed by atoms with Crippen LogP contribution in [0.2, 0.25) is 0 Å². The van der Waals surface area contributed by atoms with Crippen LogP contribution >= 0.6 is 0 Å². The van der Waals surface area contributed by atoms with E-state index in [9.17, 15) is 9.90 Å². The van der Waals surface area contributed by atoms with Gasteiger partial charge in [-0.05, 0) is 38.5 Å². The van der Waals surface area contributed by atoms with Crippen molar-refractivity contribution < 1.29 is 9.90 Å². The van der Waals surface area contributed by atoms with Crippen LogP contribution in [0.3, 0.4) is 0 Å². The zero-order chi connectivity index (χ0) is 15.7. The predicted molar refractivity (Wildman–Crippen MR) is 82.0 cm³/mol. The molecule has 0 bridgehead atoms. The standard InChI is InChI=1S/C16H24N4O2/c1-11-3-5-13(6-4-11)7-16(22)19-8-14(9-19)20-10-15(12(2)21)17-18-20/h7,10-12,14,21H,3-6,8-9H2,1-2H3/t11?,12-/m1/s1. The van der Waals surface area contributed by atoms with Gasteiger partial charge in [-0.1, -0.05) is 17.7 Å². The number of rotatable bonds is 3. The van der Waals surface area contributed by atoms with Crippen molar-refractivity contribution in [2.24, 2.45) is 5.92 Å². The van der Waals surface area contributed by atoms with Crippen LogP contribution in [-0.4, -0.2) is 44.0 Å². The van der Waals surface area contributed by atoms with E-state index in [4.69, 9.17) is 0 Å². The highest BCUT2D eigenvalue weighted by Gasteiger charge is 2.32. The lowest BCUT2D eigenvalue weighted by Gasteiger charge is -2.38. The zero-order valence-electron chi connectivity index (χ0n) is 13.3. The molecule has 2 fully saturated rings. The summed E-state index contributed by atoms with van der Waals surface area (Å²) in [6.07, 6.45) is 7.51. The maximum absolute atomic E-state index is 12.2. The second-order valence-corrected chi connectivity index (χ2v) is 6.68. The zero-order valence-corrected chi connectivity index (χ0v) is 13.3. The molecule has 6 heteroatoms. The van der Waals surface area contributed by atoms with Gasteiger partial charge in [0.15, 0.2) is 0 Å². The molecule has 1 amide bonds. The van der Waals surface area contributed by atoms with Gasteiger partial charge in [-0.3, -0.25) is 4.79 Å². The third-order valence-corrected chi connectivity index (χ3v) is 4.75. The number of allylic oxidation sites excluding steroid dienone is 1. The van der Waals surface area contributed by atoms with E-state index in [0.29, 0.717) is 18.8 Å². The molecule has 1 aliphatic heterocycles. The maximum Gasteiger partial charge on any atom is 0.246 e. The van der Waals surface area contributed by atoms with Crippen molar-refractivity contribution in [3.8, 4) is 0 Å². The quantitative estimate of drug-likeness (QED) is 0.865. The van der Waals surface area contributed by atoms with Gasteiger partial charge in [0.25, 0.3) is 0 Å². The first-order chi connectivity index (χ1) is 10.5. The van der Waals surface area contributed by atoms with Crippen molar-refractivity contribution in [1.29, 1.82) is 0 Å². The molecule has 0 unspecified atom stereocenters. The number of amides is 1. The molecule has 0 aromatic carbocycles. The third kappa shape index (κ3) is 3.21. The number of carbonyl (C=O) groups is 1. The van der Waals surface area contributed by atoms with Crippen LogP contribution < -0.4 is 0 Å². The Morgan fingerprint density at radius 1 is 1.41 bits per heavy atom. The molecule has 1 aliphatic carbocycles. The first-order valence-electron chi connectivity index (χ1n) is 8.11. The van der Waals surface area contributed by atoms with E-state index in [-0.39, 0.29) is 11.9 Å². The van der Waals surface area contributed by atoms with E-state index in [1.165, 1.54) is 18.4 Å². The molecular weight excluding hydrogens is 280 g/mol. The van der Waals surface area contributed by atoms with Crippen molar-refractivity contribution >= 4 is 5.91 Å². The molecule has 0 radical (unpaired) electrons. The Balaban J connectivity index is 1.52. The van der Waals surface area contributed by atoms with Crippen LogP contribution in [0.25, 0.3) is 0 Å². The number of aromatic nitrogens is 3. The van der Waals surface area contributed by atoms with E-state index < -0.39 is 6.10 Å². The van der Waals surface area contributed by atoms with Gasteiger partial charge >= 0.3 is 0 Å². The van der Waals surface area contributed by atoms with Crippen LogP contribution in [0.5, 0.6) is 0 Å². The lowest BCUT2D eigenvalue weighted by Crippen LogP contribution is -2.50. The minimum atomic E-state index is -0.606. The van der Waals surface area contributed by atoms with Gasteiger partial charge in [0.05, 0.1) is 18.3 Å². The summed E-state index contributed by atoms with van der Waals surface area (Å²) in [4.78, 5) is 14.1. The average Bonchev–Trinajstić information content (AvgIpc) is 2.89. The third-order valence-electron chi connectivity index (χ3n) is 4.75. The van der Waals surface area contributed by atoms with Crippen molar-refractivity contribution in [3.63, 3.8) is 0 Å². The van der Waals surface area contributed by atoms with E-state index in [2.05, 4.69) is 17.2 Å². The van der Waals surface area contributed by atoms with Crippen LogP contribution in [0.4, 0.5) is 0 Å². The van der Waals surface area contributed by atoms with E-state index in [0.717, 1.165) is 18.8 Å². The molecule has 1 aromatic rings. The monoisotopic (exact) mass is 304 g/mol. The molecule has 6 nitrogen and oxygen atoms in total. The Bertz CT molecular complexity index is 562. The van der Waals surface area contributed by atoms with E-state index in [1.807, 2.05) is 11.0 Å². The summed E-state index contributed by atoms with van der Waals surface area (Å²) >= 11 is 0. The van der Waals surface area contributed by atoms with Crippen LogP contribution in [0.15, 0.2) is 17.8 Å². The number of likely N-dealkylation sites (tertiary alicyclic amines) is 1. The van der Waals surface area contributed by atoms with Crippen LogP contribution in [0.1, 0.15) is 57.4 Å². The van der Waals surface area contributed by atoms with Crippen LogP contribution in [0, 0.1) is 5.92 Å². The van der Waals surface area contributed by atoms with Gasteiger partial charge in [0, 0.05) is 19.2 Å². The predicted octanol–water partition coefficient (Wildman–Crippen LogP) is 1.85. The first kappa shape index (κ1) is 15.2. The summed E-state index contributed by atoms with van der Waals surface area (Å²) < 4.78 is 1.75. The molecule has 22 heavy (non-hydrogen) atoms. The number of carbonyl (C=O) groups excluding carboxylic acids is 1. The summed E-state index contributed by atoms with van der Waals surface area (Å²) in [7, 11) is 0. The number of nitrogens with zero attached hydrogens (tertiary/aromatic N) is 4. The number of aliphatic hydroxyl groups is 1. The Morgan fingerprint density at radius 2 is 2.09 bits per heavy atom. The van der Waals surface area contributed by atoms with Gasteiger partial charge in [0.2, 0.25) is 5.91 Å². The molecule has 3 rings (SSSR count). The van der Waals surface area contributed by atoms with Crippen molar-refractivity contribution in [2.75, 3.05) is 13.1 Å². The molecule has 1 N–H and O–H groups in total. The van der Waals surface area contributed by atoms with Gasteiger partial charge in [-0.25, -0.2) is 4.68 Å². The highest BCUT2D eigenvalue weighted by atomic mass is 16.3. The number of hydrogen-bond donors (Lipinski definition) is 1. The van der Waals surface area contributed by atoms with Gasteiger partial charge < -0.3 is 10.0 Å². The lowest BCUT2D eigenvalue weighted by molar-refractivity contribution is -0.131. The van der Waals surface area contributed by atoms with Gasteiger partial charge in [0.1, 0.15) is 5.69 Å². The second kappa shape index (κ2) is 6.20. The summed E-state index contributed by atoms with van der Waals surface area (Å²) in [5, 5.41) is 17.4. The highest BCUT2D eigenvalue weighted by molar-refractivity contribution is 5.89. The molecular formula is C16H24N4O2. The summed E-state index contributed by atoms with van der Waals surface area (Å²) in [6, 6.07) is 0.175. The number of aliphatic hydroxyl groups excluding tert-OH is 1. The first-order valence-corrected chi connectivity index (χ1v) is 8.11. The van der Waals surface area contributed by atoms with Crippen molar-refractivity contribution in [3.05, 3.63) is 23.5 Å². The van der Waals surface area contributed by atoms with Crippen molar-refractivity contribution in [2.45, 2.75) is 51.7 Å². The second-order valence-electron chi connectivity index (χ2n) is 6.68. The molecule has 1 atom stereocenters. The average molecular weight is 304 g/mol. The molecule has 1 aromatic heterocycles. The topological polar surface area (TPSA) is 71.2 Å². The Labute approximate surface area is 130 Å². The fraction of sp³-hybridized carbons (Fsp3) is 0.688. The molecule has 120 valence electrons. The van der Waals surface area contributed by atoms with Crippen molar-refractivity contribution in [1.82, 2.24) is 19.9 Å². The molecule has 1 saturated heterocycles. The number of hydrogen-bond acceptors (Lipinski definition) is 4. The highest BCUT2D eigenvalue weighted by Crippen LogP contribution is 2.28.